The summed E-state index contributed by atoms with van der Waals surface area (Å²) in [5.74, 6) is 0.524. The van der Waals surface area contributed by atoms with Crippen LogP contribution >= 0.6 is 0 Å². The van der Waals surface area contributed by atoms with Gasteiger partial charge >= 0.3 is 0 Å². The van der Waals surface area contributed by atoms with Crippen molar-refractivity contribution in [3.63, 3.8) is 0 Å². The topological polar surface area (TPSA) is 36.3 Å². The highest BCUT2D eigenvalue weighted by molar-refractivity contribution is 5.51. The molecule has 0 saturated heterocycles. The zero-order valence-electron chi connectivity index (χ0n) is 8.53. The van der Waals surface area contributed by atoms with E-state index in [0.717, 1.165) is 6.42 Å². The van der Waals surface area contributed by atoms with Crippen molar-refractivity contribution in [2.45, 2.75) is 12.5 Å². The Morgan fingerprint density at radius 2 is 2.43 bits per heavy atom. The van der Waals surface area contributed by atoms with Crippen LogP contribution in [-0.4, -0.2) is 25.0 Å². The van der Waals surface area contributed by atoms with Crippen LogP contribution in [0, 0.1) is 22.9 Å². The molecule has 1 spiro atoms. The molecule has 3 atom stereocenters. The molecule has 2 saturated carbocycles. The van der Waals surface area contributed by atoms with E-state index in [1.165, 1.54) is 11.8 Å². The van der Waals surface area contributed by atoms with E-state index in [9.17, 15) is 0 Å². The van der Waals surface area contributed by atoms with E-state index in [-0.39, 0.29) is 0 Å². The normalized spacial score (nSPS) is 39.1. The number of ether oxygens (including phenoxy) is 1. The highest BCUT2D eigenvalue weighted by atomic mass is 16.5. The molecular formula is C11H14N2O. The summed E-state index contributed by atoms with van der Waals surface area (Å²) < 4.78 is 4.52. The number of hydrogen-bond acceptors (Lipinski definition) is 3. The molecule has 14 heavy (non-hydrogen) atoms. The first-order valence-corrected chi connectivity index (χ1v) is 4.71. The van der Waals surface area contributed by atoms with Gasteiger partial charge in [-0.15, -0.1) is 5.26 Å². The molecule has 3 heteroatoms. The molecular weight excluding hydrogens is 176 g/mol. The van der Waals surface area contributed by atoms with Gasteiger partial charge < -0.3 is 9.64 Å². The minimum absolute atomic E-state index is 0.318. The Kier molecular flexibility index (Phi) is 1.90. The number of rotatable bonds is 3. The second-order valence-corrected chi connectivity index (χ2v) is 4.28. The van der Waals surface area contributed by atoms with Gasteiger partial charge in [0.05, 0.1) is 0 Å². The quantitative estimate of drug-likeness (QED) is 0.384. The molecule has 0 N–H and O–H groups in total. The van der Waals surface area contributed by atoms with E-state index in [4.69, 9.17) is 5.26 Å². The van der Waals surface area contributed by atoms with E-state index in [1.807, 2.05) is 6.08 Å². The van der Waals surface area contributed by atoms with Gasteiger partial charge in [-0.2, -0.15) is 0 Å². The lowest BCUT2D eigenvalue weighted by molar-refractivity contribution is 0.372. The fourth-order valence-electron chi connectivity index (χ4n) is 2.61. The van der Waals surface area contributed by atoms with Crippen molar-refractivity contribution in [3.8, 4) is 6.26 Å². The van der Waals surface area contributed by atoms with Crippen molar-refractivity contribution >= 4 is 0 Å². The van der Waals surface area contributed by atoms with E-state index < -0.39 is 0 Å². The number of allylic oxidation sites excluding steroid dienone is 1. The second-order valence-electron chi connectivity index (χ2n) is 4.28. The number of nitrogens with zero attached hydrogens (tertiary/aromatic N) is 2. The largest absolute Gasteiger partial charge is 0.396 e. The summed E-state index contributed by atoms with van der Waals surface area (Å²) in [7, 11) is 4.16. The first kappa shape index (κ1) is 9.29. The van der Waals surface area contributed by atoms with E-state index in [1.54, 1.807) is 6.26 Å². The van der Waals surface area contributed by atoms with Gasteiger partial charge in [-0.1, -0.05) is 12.2 Å². The SMILES string of the molecule is C=C1C(N(C)C)C12CC2/C=C/OC#N. The van der Waals surface area contributed by atoms with Crippen molar-refractivity contribution in [3.05, 3.63) is 24.5 Å². The number of nitriles is 1. The zero-order valence-corrected chi connectivity index (χ0v) is 8.53. The van der Waals surface area contributed by atoms with Gasteiger partial charge in [0, 0.05) is 11.5 Å². The van der Waals surface area contributed by atoms with Crippen molar-refractivity contribution in [2.75, 3.05) is 14.1 Å². The molecule has 0 aromatic rings. The van der Waals surface area contributed by atoms with Gasteiger partial charge in [-0.05, 0) is 32.5 Å². The maximum atomic E-state index is 8.19. The first-order chi connectivity index (χ1) is 6.64. The third-order valence-electron chi connectivity index (χ3n) is 3.34. The lowest BCUT2D eigenvalue weighted by Crippen LogP contribution is -2.16. The molecule has 74 valence electrons. The predicted octanol–water partition coefficient (Wildman–Crippen LogP) is 1.50. The predicted molar refractivity (Wildman–Crippen MR) is 53.0 cm³/mol. The van der Waals surface area contributed by atoms with Gasteiger partial charge in [-0.3, -0.25) is 0 Å². The van der Waals surface area contributed by atoms with Crippen LogP contribution in [0.25, 0.3) is 0 Å². The smallest absolute Gasteiger partial charge is 0.291 e. The average molecular weight is 190 g/mol. The average Bonchev–Trinajstić information content (AvgIpc) is 2.94. The van der Waals surface area contributed by atoms with Crippen LogP contribution in [0.1, 0.15) is 6.42 Å². The van der Waals surface area contributed by atoms with Crippen molar-refractivity contribution in [1.82, 2.24) is 4.90 Å². The molecule has 0 aromatic heterocycles. The summed E-state index contributed by atoms with van der Waals surface area (Å²) in [6.07, 6.45) is 6.23. The monoisotopic (exact) mass is 190 g/mol. The summed E-state index contributed by atoms with van der Waals surface area (Å²) in [6.45, 7) is 4.08. The fourth-order valence-corrected chi connectivity index (χ4v) is 2.61. The van der Waals surface area contributed by atoms with Gasteiger partial charge in [0.1, 0.15) is 6.26 Å². The Morgan fingerprint density at radius 1 is 1.71 bits per heavy atom. The molecule has 3 nitrogen and oxygen atoms in total. The van der Waals surface area contributed by atoms with Crippen molar-refractivity contribution in [2.24, 2.45) is 11.3 Å². The van der Waals surface area contributed by atoms with Crippen LogP contribution < -0.4 is 0 Å². The maximum Gasteiger partial charge on any atom is 0.291 e. The lowest BCUT2D eigenvalue weighted by Gasteiger charge is -2.06. The molecule has 2 fully saturated rings. The molecule has 0 amide bonds. The Balaban J connectivity index is 1.94. The third-order valence-corrected chi connectivity index (χ3v) is 3.34. The summed E-state index contributed by atoms with van der Waals surface area (Å²) in [5.41, 5.74) is 1.65. The zero-order chi connectivity index (χ0) is 10.3. The second kappa shape index (κ2) is 2.86. The molecule has 0 aliphatic heterocycles. The lowest BCUT2D eigenvalue weighted by atomic mass is 10.2. The van der Waals surface area contributed by atoms with Crippen LogP contribution in [0.15, 0.2) is 24.5 Å². The maximum absolute atomic E-state index is 8.19. The molecule has 0 heterocycles. The van der Waals surface area contributed by atoms with E-state index >= 15 is 0 Å². The van der Waals surface area contributed by atoms with Crippen LogP contribution in [0.5, 0.6) is 0 Å². The standard InChI is InChI=1S/C11H14N2O/c1-8-10(13(2)3)11(8)6-9(11)4-5-14-7-12/h4-5,9-10H,1,6H2,2-3H3/b5-4+. The van der Waals surface area contributed by atoms with Crippen LogP contribution in [-0.2, 0) is 4.74 Å². The molecule has 0 aromatic carbocycles. The van der Waals surface area contributed by atoms with Crippen molar-refractivity contribution < 1.29 is 4.74 Å². The molecule has 3 unspecified atom stereocenters. The minimum atomic E-state index is 0.318. The van der Waals surface area contributed by atoms with Gasteiger partial charge in [0.25, 0.3) is 6.26 Å². The molecule has 2 rings (SSSR count). The number of hydrogen-bond donors (Lipinski definition) is 0. The van der Waals surface area contributed by atoms with E-state index in [0.29, 0.717) is 17.4 Å². The van der Waals surface area contributed by atoms with Gasteiger partial charge in [0.15, 0.2) is 0 Å². The third kappa shape index (κ3) is 1.08. The summed E-state index contributed by atoms with van der Waals surface area (Å²) in [6, 6.07) is 0.527. The highest BCUT2D eigenvalue weighted by Gasteiger charge is 2.73. The molecule has 2 aliphatic carbocycles. The number of likely N-dealkylation sites (N-methyl/N-ethyl adjacent to an activating group) is 1. The fraction of sp³-hybridized carbons (Fsp3) is 0.545. The molecule has 0 bridgehead atoms. The van der Waals surface area contributed by atoms with Gasteiger partial charge in [0.2, 0.25) is 0 Å². The highest BCUT2D eigenvalue weighted by Crippen LogP contribution is 2.75. The summed E-state index contributed by atoms with van der Waals surface area (Å²) in [4.78, 5) is 2.21. The Morgan fingerprint density at radius 3 is 2.93 bits per heavy atom. The Bertz CT molecular complexity index is 340. The summed E-state index contributed by atoms with van der Waals surface area (Å²) in [5, 5.41) is 8.19. The summed E-state index contributed by atoms with van der Waals surface area (Å²) >= 11 is 0. The first-order valence-electron chi connectivity index (χ1n) is 4.71. The Hall–Kier alpha value is -1.27. The molecule has 0 radical (unpaired) electrons. The van der Waals surface area contributed by atoms with Crippen LogP contribution in [0.4, 0.5) is 0 Å². The molecule has 2 aliphatic rings. The van der Waals surface area contributed by atoms with Crippen LogP contribution in [0.3, 0.4) is 0 Å². The Labute approximate surface area is 84.3 Å². The van der Waals surface area contributed by atoms with Gasteiger partial charge in [-0.25, -0.2) is 0 Å². The minimum Gasteiger partial charge on any atom is -0.396 e. The van der Waals surface area contributed by atoms with Crippen LogP contribution in [0.2, 0.25) is 0 Å². The van der Waals surface area contributed by atoms with Crippen molar-refractivity contribution in [1.29, 1.82) is 5.26 Å². The van der Waals surface area contributed by atoms with E-state index in [2.05, 4.69) is 30.3 Å².